The Morgan fingerprint density at radius 2 is 1.40 bits per heavy atom. The van der Waals surface area contributed by atoms with Gasteiger partial charge in [-0.15, -0.1) is 0 Å². The monoisotopic (exact) mass is 1420 g/mol. The van der Waals surface area contributed by atoms with Crippen molar-refractivity contribution >= 4 is 88.0 Å². The van der Waals surface area contributed by atoms with Gasteiger partial charge in [-0.3, -0.25) is 28.9 Å². The molecule has 2 saturated heterocycles. The third kappa shape index (κ3) is 23.7. The van der Waals surface area contributed by atoms with Gasteiger partial charge in [-0.2, -0.15) is 4.98 Å². The van der Waals surface area contributed by atoms with E-state index in [0.717, 1.165) is 76.1 Å². The van der Waals surface area contributed by atoms with E-state index in [0.29, 0.717) is 109 Å². The number of urea groups is 1. The predicted molar refractivity (Wildman–Crippen MR) is 391 cm³/mol. The van der Waals surface area contributed by atoms with Crippen LogP contribution in [-0.2, 0) is 78.6 Å². The Morgan fingerprint density at radius 1 is 0.689 bits per heavy atom. The number of nitrogens with zero attached hydrogens (tertiary/aromatic N) is 6. The van der Waals surface area contributed by atoms with Gasteiger partial charge in [0.15, 0.2) is 5.82 Å². The molecule has 9 rings (SSSR count). The number of nitrogen functional groups attached to an aromatic ring is 1. The maximum atomic E-state index is 13.8. The lowest BCUT2D eigenvalue weighted by molar-refractivity contribution is -0.181. The maximum absolute atomic E-state index is 13.8. The molecule has 6 aromatic rings. The number of benzene rings is 4. The average molecular weight is 1420 g/mol. The number of primary amides is 1. The van der Waals surface area contributed by atoms with E-state index < -0.39 is 47.5 Å². The van der Waals surface area contributed by atoms with Crippen LogP contribution < -0.4 is 53.0 Å². The summed E-state index contributed by atoms with van der Waals surface area (Å²) in [6, 6.07) is 27.9. The zero-order valence-electron chi connectivity index (χ0n) is 59.6. The van der Waals surface area contributed by atoms with E-state index in [9.17, 15) is 33.6 Å². The summed E-state index contributed by atoms with van der Waals surface area (Å²) in [4.78, 5) is 106. The Balaban J connectivity index is 0.620. The number of rotatable bonds is 40. The van der Waals surface area contributed by atoms with Gasteiger partial charge in [0.1, 0.15) is 35.6 Å². The summed E-state index contributed by atoms with van der Waals surface area (Å²) in [5.74, 6) is -0.536. The second-order valence-corrected chi connectivity index (χ2v) is 26.1. The number of fused-ring (bicyclic) bond motifs is 3. The fraction of sp³-hybridized carbons (Fsp3) is 0.480. The molecule has 2 aromatic heterocycles. The Bertz CT molecular complexity index is 3830. The van der Waals surface area contributed by atoms with E-state index in [2.05, 4.69) is 82.5 Å². The molecule has 2 fully saturated rings. The van der Waals surface area contributed by atoms with Crippen LogP contribution in [0.25, 0.3) is 23.2 Å². The summed E-state index contributed by atoms with van der Waals surface area (Å²) >= 11 is 0. The number of nitrogens with two attached hydrogens (primary N) is 2. The van der Waals surface area contributed by atoms with Crippen molar-refractivity contribution in [2.24, 2.45) is 11.7 Å². The second-order valence-electron chi connectivity index (χ2n) is 26.1. The number of aromatic nitrogens is 3. The number of carbonyl (C=O) groups excluding carboxylic acids is 7. The molecule has 1 spiro atoms. The van der Waals surface area contributed by atoms with Crippen LogP contribution in [0.5, 0.6) is 5.75 Å². The molecule has 28 nitrogen and oxygen atoms in total. The molecule has 0 saturated carbocycles. The minimum atomic E-state index is -1.06. The van der Waals surface area contributed by atoms with E-state index in [1.54, 1.807) is 55.0 Å². The van der Waals surface area contributed by atoms with E-state index in [1.807, 2.05) is 66.9 Å². The van der Waals surface area contributed by atoms with Crippen LogP contribution >= 0.6 is 0 Å². The highest BCUT2D eigenvalue weighted by molar-refractivity contribution is 6.00. The van der Waals surface area contributed by atoms with Gasteiger partial charge in [-0.1, -0.05) is 112 Å². The number of methoxy groups -OCH3 is 1. The number of unbranched alkanes of at least 4 members (excludes halogenated alkanes) is 2. The molecule has 10 N–H and O–H groups in total. The summed E-state index contributed by atoms with van der Waals surface area (Å²) in [5.41, 5.74) is 19.5. The van der Waals surface area contributed by atoms with Crippen molar-refractivity contribution in [3.8, 4) is 5.75 Å². The number of hydrogen-bond donors (Lipinski definition) is 8. The quantitative estimate of drug-likeness (QED) is 0.0180. The number of morpholine rings is 1. The Labute approximate surface area is 601 Å². The fourth-order valence-corrected chi connectivity index (χ4v) is 12.5. The molecule has 2 atom stereocenters. The summed E-state index contributed by atoms with van der Waals surface area (Å²) < 4.78 is 42.5. The van der Waals surface area contributed by atoms with Crippen molar-refractivity contribution < 1.29 is 66.7 Å². The lowest BCUT2D eigenvalue weighted by Gasteiger charge is -2.53. The summed E-state index contributed by atoms with van der Waals surface area (Å²) in [7, 11) is 1.67. The topological polar surface area (TPSA) is 349 Å². The normalized spacial score (nSPS) is 14.8. The van der Waals surface area contributed by atoms with E-state index in [1.165, 1.54) is 0 Å². The third-order valence-corrected chi connectivity index (χ3v) is 17.9. The molecule has 0 aliphatic carbocycles. The number of anilines is 4. The lowest BCUT2D eigenvalue weighted by Crippen LogP contribution is -2.70. The van der Waals surface area contributed by atoms with Crippen molar-refractivity contribution in [1.82, 2.24) is 45.6 Å². The van der Waals surface area contributed by atoms with Crippen molar-refractivity contribution in [2.75, 3.05) is 134 Å². The molecule has 5 heterocycles. The van der Waals surface area contributed by atoms with Gasteiger partial charge in [0.05, 0.1) is 97.4 Å². The number of nitrogens with one attached hydrogen (secondary N) is 6. The van der Waals surface area contributed by atoms with Gasteiger partial charge < -0.3 is 90.9 Å². The van der Waals surface area contributed by atoms with Gasteiger partial charge >= 0.3 is 12.1 Å². The van der Waals surface area contributed by atoms with Crippen molar-refractivity contribution in [3.05, 3.63) is 137 Å². The van der Waals surface area contributed by atoms with Gasteiger partial charge in [0.2, 0.25) is 35.5 Å². The smallest absolute Gasteiger partial charge is 0.410 e. The molecule has 3 aliphatic heterocycles. The number of likely N-dealkylation sites (tertiary alicyclic amines) is 1. The Kier molecular flexibility index (Phi) is 29.8. The van der Waals surface area contributed by atoms with Crippen LogP contribution in [0.15, 0.2) is 103 Å². The van der Waals surface area contributed by atoms with Crippen molar-refractivity contribution in [1.29, 1.82) is 0 Å². The third-order valence-electron chi connectivity index (χ3n) is 17.9. The number of para-hydroxylation sites is 1. The standard InChI is InChI=1S/C75H100N14O14/c1-5-6-11-30-79-69-68-60(83-72(76)85-69)28-33-87(68)46-58-21-18-54(44-63(58)97-4)45-86-49-75(50-86)51-88(34-37-103-75)74(96)102-48-53-19-24-59(25-20-53)81-70(93)61(16-12-31-80-73(77)95)82-71(94)67(52(2)3)84-65(91)29-35-98-38-40-100-42-43-101-41-39-99-36-32-78-64(90)26-27-66(92)89-47-57-15-8-7-13-55(57)22-23-56-14-9-10-17-62(56)89/h7-10,13-15,17-25,28,33,44,52,61,67H,5-6,11-12,16,26-27,29-32,34-43,45-51H2,1-4H3,(H,78,90)(H,81,93)(H,82,94)(H,84,91)(H3,77,80,95)(H3,76,79,83,85)/b23-22-/t61-,67-/m0/s1. The lowest BCUT2D eigenvalue weighted by atomic mass is 9.91. The van der Waals surface area contributed by atoms with E-state index in [4.69, 9.17) is 44.6 Å². The van der Waals surface area contributed by atoms with Gasteiger partial charge in [0, 0.05) is 82.5 Å². The Morgan fingerprint density at radius 3 is 2.14 bits per heavy atom. The van der Waals surface area contributed by atoms with Gasteiger partial charge in [-0.05, 0) is 83.3 Å². The molecule has 8 amide bonds. The zero-order valence-corrected chi connectivity index (χ0v) is 59.6. The predicted octanol–water partition coefficient (Wildman–Crippen LogP) is 6.98. The number of carbonyl (C=O) groups is 7. The van der Waals surface area contributed by atoms with Crippen molar-refractivity contribution in [2.45, 2.75) is 116 Å². The largest absolute Gasteiger partial charge is 0.496 e. The molecule has 103 heavy (non-hydrogen) atoms. The van der Waals surface area contributed by atoms with Crippen LogP contribution in [0.2, 0.25) is 0 Å². The molecule has 554 valence electrons. The van der Waals surface area contributed by atoms with Crippen LogP contribution in [-0.4, -0.2) is 196 Å². The maximum Gasteiger partial charge on any atom is 0.410 e. The minimum absolute atomic E-state index is 0.0151. The highest BCUT2D eigenvalue weighted by Crippen LogP contribution is 2.34. The first-order valence-corrected chi connectivity index (χ1v) is 35.5. The van der Waals surface area contributed by atoms with Crippen LogP contribution in [0.4, 0.5) is 32.7 Å². The number of ether oxygens (including phenoxy) is 7. The SMILES string of the molecule is CCCCCNc1nc(N)nc2ccn(Cc3ccc(CN4CC5(C4)CN(C(=O)OCc4ccc(NC(=O)[C@H](CCCNC(N)=O)NC(=O)[C@@H](NC(=O)CCOCCOCCOCCOCCNC(=O)CCC(=O)N6Cc7ccccc7/C=C\c7ccccc76)C(C)C)cc4)CCO5)cc3OC)c12. The van der Waals surface area contributed by atoms with Crippen molar-refractivity contribution in [3.63, 3.8) is 0 Å². The van der Waals surface area contributed by atoms with E-state index >= 15 is 0 Å². The first kappa shape index (κ1) is 77.4. The van der Waals surface area contributed by atoms with Crippen LogP contribution in [0, 0.1) is 5.92 Å². The molecule has 28 heteroatoms. The zero-order chi connectivity index (χ0) is 72.9. The first-order chi connectivity index (χ1) is 50.0. The van der Waals surface area contributed by atoms with Crippen LogP contribution in [0.1, 0.15) is 106 Å². The van der Waals surface area contributed by atoms with Crippen LogP contribution in [0.3, 0.4) is 0 Å². The highest BCUT2D eigenvalue weighted by Gasteiger charge is 2.48. The highest BCUT2D eigenvalue weighted by atomic mass is 16.6. The summed E-state index contributed by atoms with van der Waals surface area (Å²) in [5, 5.41) is 17.2. The molecule has 0 radical (unpaired) electrons. The first-order valence-electron chi connectivity index (χ1n) is 35.5. The summed E-state index contributed by atoms with van der Waals surface area (Å²) in [6.07, 6.45) is 9.38. The fourth-order valence-electron chi connectivity index (χ4n) is 12.5. The van der Waals surface area contributed by atoms with Gasteiger partial charge in [-0.25, -0.2) is 14.6 Å². The molecular weight excluding hydrogens is 1320 g/mol. The Hall–Kier alpha value is -9.71. The molecule has 0 unspecified atom stereocenters. The summed E-state index contributed by atoms with van der Waals surface area (Å²) in [6.45, 7) is 13.1. The average Bonchev–Trinajstić information content (AvgIpc) is 1.73. The minimum Gasteiger partial charge on any atom is -0.496 e. The number of amides is 8. The second kappa shape index (κ2) is 39.6. The van der Waals surface area contributed by atoms with E-state index in [-0.39, 0.29) is 88.9 Å². The number of hydrogen-bond acceptors (Lipinski definition) is 19. The molecule has 3 aliphatic rings. The van der Waals surface area contributed by atoms with Gasteiger partial charge in [0.25, 0.3) is 0 Å². The molecular formula is C75H100N14O14. The molecule has 0 bridgehead atoms. The molecule has 4 aromatic carbocycles.